The van der Waals surface area contributed by atoms with Crippen molar-refractivity contribution >= 4 is 21.7 Å². The molecular formula is C21H28N2O5S. The molecule has 0 aromatic heterocycles. The molecule has 1 atom stereocenters. The Morgan fingerprint density at radius 3 is 2.45 bits per heavy atom. The number of rotatable bonds is 11. The van der Waals surface area contributed by atoms with E-state index in [0.717, 1.165) is 17.7 Å². The molecule has 0 bridgehead atoms. The Morgan fingerprint density at radius 2 is 1.86 bits per heavy atom. The molecule has 8 heteroatoms. The molecule has 2 aromatic carbocycles. The Labute approximate surface area is 172 Å². The van der Waals surface area contributed by atoms with E-state index in [1.54, 1.807) is 14.0 Å². The minimum Gasteiger partial charge on any atom is -0.497 e. The Hall–Kier alpha value is -2.58. The van der Waals surface area contributed by atoms with Crippen molar-refractivity contribution in [1.82, 2.24) is 4.72 Å². The van der Waals surface area contributed by atoms with Gasteiger partial charge in [0.1, 0.15) is 10.6 Å². The molecule has 0 aliphatic rings. The van der Waals surface area contributed by atoms with Gasteiger partial charge in [-0.25, -0.2) is 17.9 Å². The highest BCUT2D eigenvalue weighted by molar-refractivity contribution is 7.89. The third-order valence-corrected chi connectivity index (χ3v) is 6.11. The molecule has 0 aliphatic heterocycles. The molecule has 158 valence electrons. The van der Waals surface area contributed by atoms with E-state index in [4.69, 9.17) is 4.74 Å². The van der Waals surface area contributed by atoms with Crippen LogP contribution in [0.3, 0.4) is 0 Å². The fourth-order valence-corrected chi connectivity index (χ4v) is 4.46. The number of carboxylic acid groups (broad SMARTS) is 1. The zero-order valence-corrected chi connectivity index (χ0v) is 17.8. The average Bonchev–Trinajstić information content (AvgIpc) is 2.68. The van der Waals surface area contributed by atoms with E-state index in [0.29, 0.717) is 25.1 Å². The molecular weight excluding hydrogens is 392 g/mol. The molecule has 2 rings (SSSR count). The fraction of sp³-hybridized carbons (Fsp3) is 0.381. The molecule has 2 aromatic rings. The second kappa shape index (κ2) is 10.3. The Balaban J connectivity index is 2.20. The first-order valence-electron chi connectivity index (χ1n) is 9.53. The third-order valence-electron chi connectivity index (χ3n) is 4.48. The van der Waals surface area contributed by atoms with Gasteiger partial charge in [0.05, 0.1) is 18.4 Å². The lowest BCUT2D eigenvalue weighted by Crippen LogP contribution is -2.33. The average molecular weight is 421 g/mol. The monoisotopic (exact) mass is 420 g/mol. The molecule has 7 nitrogen and oxygen atoms in total. The lowest BCUT2D eigenvalue weighted by Gasteiger charge is -2.17. The van der Waals surface area contributed by atoms with Gasteiger partial charge in [0.2, 0.25) is 10.0 Å². The van der Waals surface area contributed by atoms with Crippen molar-refractivity contribution in [2.24, 2.45) is 0 Å². The van der Waals surface area contributed by atoms with Gasteiger partial charge in [0, 0.05) is 12.6 Å². The van der Waals surface area contributed by atoms with Crippen molar-refractivity contribution in [3.63, 3.8) is 0 Å². The van der Waals surface area contributed by atoms with Crippen molar-refractivity contribution in [2.45, 2.75) is 44.0 Å². The van der Waals surface area contributed by atoms with E-state index in [1.165, 1.54) is 18.2 Å². The molecule has 0 radical (unpaired) electrons. The summed E-state index contributed by atoms with van der Waals surface area (Å²) >= 11 is 0. The molecule has 0 heterocycles. The van der Waals surface area contributed by atoms with Gasteiger partial charge in [-0.1, -0.05) is 25.5 Å². The summed E-state index contributed by atoms with van der Waals surface area (Å²) in [4.78, 5) is 11.3. The number of aromatic carboxylic acids is 1. The minimum absolute atomic E-state index is 0.0601. The van der Waals surface area contributed by atoms with Crippen molar-refractivity contribution in [1.29, 1.82) is 0 Å². The van der Waals surface area contributed by atoms with Crippen molar-refractivity contribution in [3.8, 4) is 5.75 Å². The largest absolute Gasteiger partial charge is 0.497 e. The van der Waals surface area contributed by atoms with E-state index in [9.17, 15) is 18.3 Å². The van der Waals surface area contributed by atoms with E-state index in [2.05, 4.69) is 10.0 Å². The molecule has 0 aliphatic carbocycles. The van der Waals surface area contributed by atoms with Crippen LogP contribution < -0.4 is 14.8 Å². The number of carboxylic acids is 1. The summed E-state index contributed by atoms with van der Waals surface area (Å²) in [5.41, 5.74) is 1.37. The zero-order chi connectivity index (χ0) is 21.4. The summed E-state index contributed by atoms with van der Waals surface area (Å²) < 4.78 is 33.5. The molecule has 0 spiro atoms. The molecule has 0 amide bonds. The maximum Gasteiger partial charge on any atom is 0.335 e. The smallest absolute Gasteiger partial charge is 0.335 e. The SMILES string of the molecule is CCCC(C)NS(=O)(=O)c1cc(C(=O)O)ccc1NCCc1ccc(OC)cc1. The molecule has 29 heavy (non-hydrogen) atoms. The van der Waals surface area contributed by atoms with Crippen LogP contribution in [0.4, 0.5) is 5.69 Å². The van der Waals surface area contributed by atoms with Crippen LogP contribution in [0.2, 0.25) is 0 Å². The zero-order valence-electron chi connectivity index (χ0n) is 16.9. The number of benzene rings is 2. The molecule has 1 unspecified atom stereocenters. The standard InChI is InChI=1S/C21H28N2O5S/c1-4-5-15(2)23-29(26,27)20-14-17(21(24)25)8-11-19(20)22-13-12-16-6-9-18(28-3)10-7-16/h6-11,14-15,22-23H,4-5,12-13H2,1-3H3,(H,24,25). The van der Waals surface area contributed by atoms with Crippen molar-refractivity contribution in [2.75, 3.05) is 19.0 Å². The van der Waals surface area contributed by atoms with Gasteiger partial charge in [-0.2, -0.15) is 0 Å². The second-order valence-corrected chi connectivity index (χ2v) is 8.53. The van der Waals surface area contributed by atoms with E-state index >= 15 is 0 Å². The number of hydrogen-bond acceptors (Lipinski definition) is 5. The predicted octanol–water partition coefficient (Wildman–Crippen LogP) is 3.51. The van der Waals surface area contributed by atoms with Crippen LogP contribution in [-0.4, -0.2) is 39.2 Å². The van der Waals surface area contributed by atoms with Crippen molar-refractivity contribution in [3.05, 3.63) is 53.6 Å². The number of carbonyl (C=O) groups is 1. The number of ether oxygens (including phenoxy) is 1. The summed E-state index contributed by atoms with van der Waals surface area (Å²) in [6.07, 6.45) is 2.20. The summed E-state index contributed by atoms with van der Waals surface area (Å²) in [7, 11) is -2.26. The van der Waals surface area contributed by atoms with Gasteiger partial charge >= 0.3 is 5.97 Å². The van der Waals surface area contributed by atoms with Crippen molar-refractivity contribution < 1.29 is 23.1 Å². The van der Waals surface area contributed by atoms with Crippen LogP contribution in [0.1, 0.15) is 42.6 Å². The first-order chi connectivity index (χ1) is 13.8. The first-order valence-corrected chi connectivity index (χ1v) is 11.0. The van der Waals surface area contributed by atoms with Gasteiger partial charge in [0.15, 0.2) is 0 Å². The highest BCUT2D eigenvalue weighted by Gasteiger charge is 2.22. The quantitative estimate of drug-likeness (QED) is 0.514. The lowest BCUT2D eigenvalue weighted by atomic mass is 10.1. The van der Waals surface area contributed by atoms with Crippen LogP contribution in [0.5, 0.6) is 5.75 Å². The number of hydrogen-bond donors (Lipinski definition) is 3. The third kappa shape index (κ3) is 6.47. The van der Waals surface area contributed by atoms with Gasteiger partial charge in [0.25, 0.3) is 0 Å². The van der Waals surface area contributed by atoms with E-state index in [-0.39, 0.29) is 16.5 Å². The van der Waals surface area contributed by atoms with Crippen LogP contribution in [0.15, 0.2) is 47.4 Å². The fourth-order valence-electron chi connectivity index (χ4n) is 2.98. The number of anilines is 1. The number of nitrogens with one attached hydrogen (secondary N) is 2. The summed E-state index contributed by atoms with van der Waals surface area (Å²) in [6, 6.07) is 11.5. The topological polar surface area (TPSA) is 105 Å². The minimum atomic E-state index is -3.86. The second-order valence-electron chi connectivity index (χ2n) is 6.85. The Morgan fingerprint density at radius 1 is 1.17 bits per heavy atom. The summed E-state index contributed by atoms with van der Waals surface area (Å²) in [6.45, 7) is 4.26. The normalized spacial score (nSPS) is 12.4. The van der Waals surface area contributed by atoms with E-state index in [1.807, 2.05) is 31.2 Å². The Bertz CT molecular complexity index is 927. The van der Waals surface area contributed by atoms with Gasteiger partial charge in [-0.15, -0.1) is 0 Å². The summed E-state index contributed by atoms with van der Waals surface area (Å²) in [5.74, 6) is -0.403. The molecule has 0 saturated heterocycles. The maximum absolute atomic E-state index is 12.9. The van der Waals surface area contributed by atoms with Gasteiger partial charge in [-0.05, 0) is 55.7 Å². The number of sulfonamides is 1. The lowest BCUT2D eigenvalue weighted by molar-refractivity contribution is 0.0696. The maximum atomic E-state index is 12.9. The van der Waals surface area contributed by atoms with Crippen LogP contribution in [0.25, 0.3) is 0 Å². The highest BCUT2D eigenvalue weighted by atomic mass is 32.2. The number of methoxy groups -OCH3 is 1. The Kier molecular flexibility index (Phi) is 8.04. The van der Waals surface area contributed by atoms with Crippen LogP contribution >= 0.6 is 0 Å². The van der Waals surface area contributed by atoms with Gasteiger partial charge in [-0.3, -0.25) is 0 Å². The van der Waals surface area contributed by atoms with Crippen LogP contribution in [-0.2, 0) is 16.4 Å². The van der Waals surface area contributed by atoms with E-state index < -0.39 is 16.0 Å². The molecule has 0 saturated carbocycles. The molecule has 3 N–H and O–H groups in total. The predicted molar refractivity (Wildman–Crippen MR) is 113 cm³/mol. The summed E-state index contributed by atoms with van der Waals surface area (Å²) in [5, 5.41) is 12.4. The van der Waals surface area contributed by atoms with Crippen LogP contribution in [0, 0.1) is 0 Å². The first kappa shape index (κ1) is 22.7. The molecule has 0 fully saturated rings. The highest BCUT2D eigenvalue weighted by Crippen LogP contribution is 2.24. The van der Waals surface area contributed by atoms with Gasteiger partial charge < -0.3 is 15.2 Å².